The Hall–Kier alpha value is -2.55. The maximum absolute atomic E-state index is 12.1. The number of benzene rings is 2. The van der Waals surface area contributed by atoms with E-state index in [-0.39, 0.29) is 17.4 Å². The number of hydrogen-bond donors (Lipinski definition) is 1. The van der Waals surface area contributed by atoms with Crippen molar-refractivity contribution in [3.05, 3.63) is 71.3 Å². The number of nitrogens with one attached hydrogen (secondary N) is 1. The van der Waals surface area contributed by atoms with Crippen LogP contribution >= 0.6 is 0 Å². The SMILES string of the molecule is COc1ccc(/C=C/C(=O)N[C@H](C)c2ccc(C(C)(C)C)cc2)cc1. The molecule has 25 heavy (non-hydrogen) atoms. The summed E-state index contributed by atoms with van der Waals surface area (Å²) >= 11 is 0. The van der Waals surface area contributed by atoms with E-state index >= 15 is 0 Å². The summed E-state index contributed by atoms with van der Waals surface area (Å²) in [7, 11) is 1.63. The van der Waals surface area contributed by atoms with Crippen molar-refractivity contribution in [2.75, 3.05) is 7.11 Å². The van der Waals surface area contributed by atoms with Crippen molar-refractivity contribution in [1.82, 2.24) is 5.32 Å². The first kappa shape index (κ1) is 18.8. The molecule has 0 bridgehead atoms. The Morgan fingerprint density at radius 3 is 2.16 bits per heavy atom. The molecule has 0 fully saturated rings. The minimum Gasteiger partial charge on any atom is -0.497 e. The number of methoxy groups -OCH3 is 1. The van der Waals surface area contributed by atoms with Crippen LogP contribution in [0.2, 0.25) is 0 Å². The van der Waals surface area contributed by atoms with E-state index in [1.807, 2.05) is 31.2 Å². The molecule has 0 aromatic heterocycles. The van der Waals surface area contributed by atoms with Crippen LogP contribution in [0.15, 0.2) is 54.6 Å². The molecule has 1 atom stereocenters. The molecule has 0 unspecified atom stereocenters. The van der Waals surface area contributed by atoms with Gasteiger partial charge in [-0.1, -0.05) is 57.2 Å². The van der Waals surface area contributed by atoms with Gasteiger partial charge in [0.2, 0.25) is 5.91 Å². The van der Waals surface area contributed by atoms with Gasteiger partial charge in [0.15, 0.2) is 0 Å². The molecule has 1 amide bonds. The predicted molar refractivity (Wildman–Crippen MR) is 104 cm³/mol. The van der Waals surface area contributed by atoms with Crippen LogP contribution in [0.5, 0.6) is 5.75 Å². The monoisotopic (exact) mass is 337 g/mol. The molecule has 0 saturated heterocycles. The van der Waals surface area contributed by atoms with E-state index in [0.717, 1.165) is 16.9 Å². The molecule has 2 aromatic carbocycles. The second kappa shape index (κ2) is 8.02. The van der Waals surface area contributed by atoms with Gasteiger partial charge in [0.25, 0.3) is 0 Å². The highest BCUT2D eigenvalue weighted by Crippen LogP contribution is 2.23. The van der Waals surface area contributed by atoms with Gasteiger partial charge >= 0.3 is 0 Å². The zero-order chi connectivity index (χ0) is 18.4. The van der Waals surface area contributed by atoms with E-state index in [2.05, 4.69) is 50.4 Å². The molecule has 0 aliphatic carbocycles. The lowest BCUT2D eigenvalue weighted by molar-refractivity contribution is -0.117. The van der Waals surface area contributed by atoms with Gasteiger partial charge in [-0.3, -0.25) is 4.79 Å². The van der Waals surface area contributed by atoms with Crippen LogP contribution in [-0.4, -0.2) is 13.0 Å². The van der Waals surface area contributed by atoms with Crippen molar-refractivity contribution in [3.8, 4) is 5.75 Å². The van der Waals surface area contributed by atoms with E-state index < -0.39 is 0 Å². The molecular weight excluding hydrogens is 310 g/mol. The molecule has 3 heteroatoms. The lowest BCUT2D eigenvalue weighted by atomic mass is 9.86. The molecule has 0 aliphatic rings. The fourth-order valence-corrected chi connectivity index (χ4v) is 2.50. The zero-order valence-electron chi connectivity index (χ0n) is 15.7. The molecule has 1 N–H and O–H groups in total. The van der Waals surface area contributed by atoms with Gasteiger partial charge in [-0.15, -0.1) is 0 Å². The van der Waals surface area contributed by atoms with Gasteiger partial charge in [-0.05, 0) is 47.2 Å². The quantitative estimate of drug-likeness (QED) is 0.789. The van der Waals surface area contributed by atoms with Crippen LogP contribution in [0.3, 0.4) is 0 Å². The third kappa shape index (κ3) is 5.49. The summed E-state index contributed by atoms with van der Waals surface area (Å²) in [5.74, 6) is 0.692. The molecule has 2 rings (SSSR count). The van der Waals surface area contributed by atoms with Gasteiger partial charge in [-0.25, -0.2) is 0 Å². The lowest BCUT2D eigenvalue weighted by Gasteiger charge is -2.20. The van der Waals surface area contributed by atoms with Crippen LogP contribution in [0.4, 0.5) is 0 Å². The highest BCUT2D eigenvalue weighted by atomic mass is 16.5. The molecule has 0 radical (unpaired) electrons. The van der Waals surface area contributed by atoms with E-state index in [9.17, 15) is 4.79 Å². The first-order chi connectivity index (χ1) is 11.8. The average molecular weight is 337 g/mol. The fourth-order valence-electron chi connectivity index (χ4n) is 2.50. The summed E-state index contributed by atoms with van der Waals surface area (Å²) < 4.78 is 5.12. The molecule has 3 nitrogen and oxygen atoms in total. The van der Waals surface area contributed by atoms with Gasteiger partial charge in [0.05, 0.1) is 13.2 Å². The van der Waals surface area contributed by atoms with Crippen LogP contribution in [0.1, 0.15) is 50.4 Å². The molecular formula is C22H27NO2. The van der Waals surface area contributed by atoms with Crippen LogP contribution in [0.25, 0.3) is 6.08 Å². The molecule has 0 heterocycles. The van der Waals surface area contributed by atoms with Crippen molar-refractivity contribution >= 4 is 12.0 Å². The Labute approximate surface area is 150 Å². The Morgan fingerprint density at radius 1 is 1.04 bits per heavy atom. The molecule has 132 valence electrons. The third-order valence-corrected chi connectivity index (χ3v) is 4.18. The fraction of sp³-hybridized carbons (Fsp3) is 0.318. The maximum Gasteiger partial charge on any atom is 0.244 e. The first-order valence-electron chi connectivity index (χ1n) is 8.52. The van der Waals surface area contributed by atoms with Crippen molar-refractivity contribution in [1.29, 1.82) is 0 Å². The van der Waals surface area contributed by atoms with Crippen LogP contribution in [0, 0.1) is 0 Å². The zero-order valence-corrected chi connectivity index (χ0v) is 15.7. The van der Waals surface area contributed by atoms with Crippen LogP contribution in [-0.2, 0) is 10.2 Å². The number of rotatable bonds is 5. The molecule has 2 aromatic rings. The Kier molecular flexibility index (Phi) is 6.02. The summed E-state index contributed by atoms with van der Waals surface area (Å²) in [6.45, 7) is 8.57. The first-order valence-corrected chi connectivity index (χ1v) is 8.52. The van der Waals surface area contributed by atoms with Gasteiger partial charge in [0.1, 0.15) is 5.75 Å². The van der Waals surface area contributed by atoms with E-state index in [1.165, 1.54) is 5.56 Å². The molecule has 0 saturated carbocycles. The number of carbonyl (C=O) groups is 1. The topological polar surface area (TPSA) is 38.3 Å². The van der Waals surface area contributed by atoms with Gasteiger partial charge in [0, 0.05) is 6.08 Å². The van der Waals surface area contributed by atoms with Crippen LogP contribution < -0.4 is 10.1 Å². The minimum absolute atomic E-state index is 0.0398. The number of carbonyl (C=O) groups excluding carboxylic acids is 1. The summed E-state index contributed by atoms with van der Waals surface area (Å²) in [6, 6.07) is 16.0. The Bertz CT molecular complexity index is 722. The van der Waals surface area contributed by atoms with Crippen molar-refractivity contribution < 1.29 is 9.53 Å². The lowest BCUT2D eigenvalue weighted by Crippen LogP contribution is -2.24. The number of ether oxygens (including phenoxy) is 1. The summed E-state index contributed by atoms with van der Waals surface area (Å²) in [4.78, 5) is 12.1. The van der Waals surface area contributed by atoms with Crippen molar-refractivity contribution in [2.45, 2.75) is 39.2 Å². The Morgan fingerprint density at radius 2 is 1.64 bits per heavy atom. The predicted octanol–water partition coefficient (Wildman–Crippen LogP) is 4.88. The smallest absolute Gasteiger partial charge is 0.244 e. The molecule has 0 spiro atoms. The maximum atomic E-state index is 12.1. The van der Waals surface area contributed by atoms with E-state index in [4.69, 9.17) is 4.74 Å². The summed E-state index contributed by atoms with van der Waals surface area (Å²) in [5, 5.41) is 3.00. The van der Waals surface area contributed by atoms with E-state index in [0.29, 0.717) is 0 Å². The minimum atomic E-state index is -0.108. The number of hydrogen-bond acceptors (Lipinski definition) is 2. The normalized spacial score (nSPS) is 12.8. The average Bonchev–Trinajstić information content (AvgIpc) is 2.59. The van der Waals surface area contributed by atoms with Crippen molar-refractivity contribution in [3.63, 3.8) is 0 Å². The van der Waals surface area contributed by atoms with Gasteiger partial charge < -0.3 is 10.1 Å². The Balaban J connectivity index is 1.96. The highest BCUT2D eigenvalue weighted by Gasteiger charge is 2.14. The largest absolute Gasteiger partial charge is 0.497 e. The second-order valence-corrected chi connectivity index (χ2v) is 7.21. The third-order valence-electron chi connectivity index (χ3n) is 4.18. The standard InChI is InChI=1S/C22H27NO2/c1-16(18-9-11-19(12-10-18)22(2,3)4)23-21(24)15-8-17-6-13-20(25-5)14-7-17/h6-16H,1-5H3,(H,23,24)/b15-8+/t16-/m1/s1. The van der Waals surface area contributed by atoms with Gasteiger partial charge in [-0.2, -0.15) is 0 Å². The summed E-state index contributed by atoms with van der Waals surface area (Å²) in [5.41, 5.74) is 3.47. The summed E-state index contributed by atoms with van der Waals surface area (Å²) in [6.07, 6.45) is 3.35. The molecule has 0 aliphatic heterocycles. The second-order valence-electron chi connectivity index (χ2n) is 7.21. The highest BCUT2D eigenvalue weighted by molar-refractivity contribution is 5.91. The van der Waals surface area contributed by atoms with Crippen molar-refractivity contribution in [2.24, 2.45) is 0 Å². The van der Waals surface area contributed by atoms with E-state index in [1.54, 1.807) is 19.3 Å². The number of amides is 1.